The first kappa shape index (κ1) is 25.0. The number of hydrogen-bond acceptors (Lipinski definition) is 8. The highest BCUT2D eigenvalue weighted by Gasteiger charge is 2.29. The highest BCUT2D eigenvalue weighted by Crippen LogP contribution is 2.36. The Hall–Kier alpha value is -4.27. The van der Waals surface area contributed by atoms with Gasteiger partial charge < -0.3 is 29.9 Å². The molecule has 9 nitrogen and oxygen atoms in total. The fourth-order valence-corrected chi connectivity index (χ4v) is 5.81. The second-order valence-electron chi connectivity index (χ2n) is 10.4. The van der Waals surface area contributed by atoms with Gasteiger partial charge in [0.2, 0.25) is 5.91 Å². The van der Waals surface area contributed by atoms with Crippen LogP contribution < -0.4 is 19.9 Å². The molecule has 1 aromatic heterocycles. The molecular formula is C30H34N6O3. The second kappa shape index (κ2) is 10.5. The molecule has 0 spiro atoms. The van der Waals surface area contributed by atoms with E-state index in [1.807, 2.05) is 29.2 Å². The van der Waals surface area contributed by atoms with E-state index in [0.29, 0.717) is 45.3 Å². The maximum absolute atomic E-state index is 12.1. The van der Waals surface area contributed by atoms with Gasteiger partial charge in [-0.25, -0.2) is 0 Å². The quantitative estimate of drug-likeness (QED) is 0.473. The van der Waals surface area contributed by atoms with Crippen LogP contribution in [0.4, 0.5) is 11.5 Å². The summed E-state index contributed by atoms with van der Waals surface area (Å²) in [5.74, 6) is 1.10. The zero-order valence-electron chi connectivity index (χ0n) is 22.1. The molecule has 0 aliphatic carbocycles. The molecule has 3 aliphatic heterocycles. The standard InChI is InChI=1S/C30H34N6O3/c1-3-28(38)34-12-14-35(15-13-34)29-25-10-11-36(27-17-23(37)16-21-6-4-5-7-24(21)27)18-26(25)32-30(33-29)39-19-22-9-8-20(2)31-22/h3-7,16-17,22,31,37H,1-2,8-15,18-19H2/t22-/m1/s1. The van der Waals surface area contributed by atoms with Gasteiger partial charge in [0.15, 0.2) is 0 Å². The van der Waals surface area contributed by atoms with Crippen molar-refractivity contribution in [1.29, 1.82) is 0 Å². The highest BCUT2D eigenvalue weighted by molar-refractivity contribution is 5.95. The van der Waals surface area contributed by atoms with Crippen LogP contribution in [-0.2, 0) is 17.8 Å². The number of aromatic hydroxyl groups is 1. The number of nitrogens with one attached hydrogen (secondary N) is 1. The number of carbonyl (C=O) groups excluding carboxylic acids is 1. The summed E-state index contributed by atoms with van der Waals surface area (Å²) in [5, 5.41) is 15.9. The zero-order chi connectivity index (χ0) is 26.9. The van der Waals surface area contributed by atoms with Gasteiger partial charge in [0.05, 0.1) is 18.3 Å². The van der Waals surface area contributed by atoms with Crippen molar-refractivity contribution < 1.29 is 14.6 Å². The molecule has 2 saturated heterocycles. The first-order chi connectivity index (χ1) is 19.0. The molecule has 0 saturated carbocycles. The van der Waals surface area contributed by atoms with E-state index in [0.717, 1.165) is 65.0 Å². The lowest BCUT2D eigenvalue weighted by atomic mass is 10.0. The van der Waals surface area contributed by atoms with Crippen molar-refractivity contribution in [3.8, 4) is 11.8 Å². The number of piperazine rings is 1. The summed E-state index contributed by atoms with van der Waals surface area (Å²) < 4.78 is 6.15. The van der Waals surface area contributed by atoms with Crippen LogP contribution in [0.5, 0.6) is 11.8 Å². The fourth-order valence-electron chi connectivity index (χ4n) is 5.81. The van der Waals surface area contributed by atoms with Gasteiger partial charge in [-0.15, -0.1) is 0 Å². The van der Waals surface area contributed by atoms with Gasteiger partial charge >= 0.3 is 6.01 Å². The molecule has 2 aromatic carbocycles. The van der Waals surface area contributed by atoms with Crippen molar-refractivity contribution >= 4 is 28.2 Å². The van der Waals surface area contributed by atoms with Crippen molar-refractivity contribution in [3.05, 3.63) is 72.6 Å². The van der Waals surface area contributed by atoms with Gasteiger partial charge in [-0.05, 0) is 36.8 Å². The lowest BCUT2D eigenvalue weighted by Gasteiger charge is -2.38. The van der Waals surface area contributed by atoms with Crippen LogP contribution in [0.1, 0.15) is 24.1 Å². The number of phenols is 1. The van der Waals surface area contributed by atoms with E-state index >= 15 is 0 Å². The van der Waals surface area contributed by atoms with Crippen LogP contribution in [0, 0.1) is 0 Å². The first-order valence-corrected chi connectivity index (χ1v) is 13.6. The van der Waals surface area contributed by atoms with Gasteiger partial charge in [-0.1, -0.05) is 37.4 Å². The molecule has 39 heavy (non-hydrogen) atoms. The minimum absolute atomic E-state index is 0.0389. The fraction of sp³-hybridized carbons (Fsp3) is 0.367. The summed E-state index contributed by atoms with van der Waals surface area (Å²) in [5.41, 5.74) is 4.08. The lowest BCUT2D eigenvalue weighted by Crippen LogP contribution is -2.49. The van der Waals surface area contributed by atoms with E-state index in [1.54, 1.807) is 6.07 Å². The maximum Gasteiger partial charge on any atom is 0.318 e. The van der Waals surface area contributed by atoms with Gasteiger partial charge in [0.25, 0.3) is 0 Å². The number of carbonyl (C=O) groups is 1. The summed E-state index contributed by atoms with van der Waals surface area (Å²) in [7, 11) is 0. The van der Waals surface area contributed by atoms with Crippen LogP contribution in [0.25, 0.3) is 10.8 Å². The summed E-state index contributed by atoms with van der Waals surface area (Å²) in [4.78, 5) is 28.3. The molecule has 0 unspecified atom stereocenters. The normalized spacial score (nSPS) is 19.1. The number of benzene rings is 2. The minimum Gasteiger partial charge on any atom is -0.508 e. The highest BCUT2D eigenvalue weighted by atomic mass is 16.5. The smallest absolute Gasteiger partial charge is 0.318 e. The number of aromatic nitrogens is 2. The zero-order valence-corrected chi connectivity index (χ0v) is 22.1. The Bertz CT molecular complexity index is 1430. The Kier molecular flexibility index (Phi) is 6.72. The van der Waals surface area contributed by atoms with Crippen molar-refractivity contribution in [2.45, 2.75) is 31.8 Å². The average Bonchev–Trinajstić information content (AvgIpc) is 3.39. The third kappa shape index (κ3) is 5.08. The van der Waals surface area contributed by atoms with Gasteiger partial charge in [-0.3, -0.25) is 4.79 Å². The second-order valence-corrected chi connectivity index (χ2v) is 10.4. The molecule has 3 aliphatic rings. The number of hydrogen-bond donors (Lipinski definition) is 2. The van der Waals surface area contributed by atoms with Crippen molar-refractivity contribution in [3.63, 3.8) is 0 Å². The van der Waals surface area contributed by atoms with Crippen LogP contribution in [0.3, 0.4) is 0 Å². The van der Waals surface area contributed by atoms with E-state index in [4.69, 9.17) is 14.7 Å². The van der Waals surface area contributed by atoms with Gasteiger partial charge in [-0.2, -0.15) is 9.97 Å². The molecule has 0 bridgehead atoms. The van der Waals surface area contributed by atoms with Crippen LogP contribution in [0.15, 0.2) is 61.3 Å². The summed E-state index contributed by atoms with van der Waals surface area (Å²) in [6.45, 7) is 12.1. The largest absolute Gasteiger partial charge is 0.508 e. The van der Waals surface area contributed by atoms with Crippen molar-refractivity contribution in [2.24, 2.45) is 0 Å². The molecular weight excluding hydrogens is 492 g/mol. The third-order valence-corrected chi connectivity index (χ3v) is 7.87. The van der Waals surface area contributed by atoms with E-state index in [1.165, 1.54) is 6.08 Å². The molecule has 0 radical (unpaired) electrons. The van der Waals surface area contributed by atoms with E-state index in [9.17, 15) is 9.90 Å². The van der Waals surface area contributed by atoms with Crippen LogP contribution >= 0.6 is 0 Å². The number of nitrogens with zero attached hydrogens (tertiary/aromatic N) is 5. The number of anilines is 2. The van der Waals surface area contributed by atoms with Gasteiger partial charge in [0.1, 0.15) is 18.2 Å². The van der Waals surface area contributed by atoms with Gasteiger partial charge in [0, 0.05) is 61.1 Å². The van der Waals surface area contributed by atoms with E-state index in [2.05, 4.69) is 34.3 Å². The number of ether oxygens (including phenoxy) is 1. The molecule has 1 atom stereocenters. The molecule has 4 heterocycles. The van der Waals surface area contributed by atoms with E-state index in [-0.39, 0.29) is 17.7 Å². The predicted molar refractivity (Wildman–Crippen MR) is 152 cm³/mol. The number of allylic oxidation sites excluding steroid dienone is 1. The summed E-state index contributed by atoms with van der Waals surface area (Å²) >= 11 is 0. The monoisotopic (exact) mass is 526 g/mol. The molecule has 3 aromatic rings. The Balaban J connectivity index is 1.31. The maximum atomic E-state index is 12.1. The van der Waals surface area contributed by atoms with Crippen molar-refractivity contribution in [1.82, 2.24) is 20.2 Å². The molecule has 2 N–H and O–H groups in total. The number of amides is 1. The summed E-state index contributed by atoms with van der Waals surface area (Å²) in [6, 6.07) is 12.3. The molecule has 6 rings (SSSR count). The first-order valence-electron chi connectivity index (χ1n) is 13.6. The third-order valence-electron chi connectivity index (χ3n) is 7.87. The molecule has 202 valence electrons. The average molecular weight is 527 g/mol. The lowest BCUT2D eigenvalue weighted by molar-refractivity contribution is -0.126. The van der Waals surface area contributed by atoms with Crippen LogP contribution in [-0.4, -0.2) is 71.3 Å². The molecule has 1 amide bonds. The number of phenolic OH excluding ortho intramolecular Hbond substituents is 1. The summed E-state index contributed by atoms with van der Waals surface area (Å²) in [6.07, 6.45) is 4.07. The SMILES string of the molecule is C=CC(=O)N1CCN(c2nc(OC[C@H]3CCC(=C)N3)nc3c2CCN(c2cc(O)cc4ccccc24)C3)CC1. The minimum atomic E-state index is -0.0389. The number of fused-ring (bicyclic) bond motifs is 2. The molecule has 2 fully saturated rings. The van der Waals surface area contributed by atoms with Crippen LogP contribution in [0.2, 0.25) is 0 Å². The Labute approximate surface area is 228 Å². The Morgan fingerprint density at radius 2 is 1.92 bits per heavy atom. The Morgan fingerprint density at radius 1 is 1.10 bits per heavy atom. The predicted octanol–water partition coefficient (Wildman–Crippen LogP) is 3.38. The van der Waals surface area contributed by atoms with E-state index < -0.39 is 0 Å². The molecule has 9 heteroatoms. The topological polar surface area (TPSA) is 94.1 Å². The Morgan fingerprint density at radius 3 is 2.69 bits per heavy atom. The number of rotatable bonds is 6. The van der Waals surface area contributed by atoms with Crippen molar-refractivity contribution in [2.75, 3.05) is 49.1 Å².